The molecule has 1 saturated heterocycles. The summed E-state index contributed by atoms with van der Waals surface area (Å²) in [7, 11) is 0. The van der Waals surface area contributed by atoms with E-state index in [0.717, 1.165) is 0 Å². The largest absolute Gasteiger partial charge is 0.389 e. The van der Waals surface area contributed by atoms with Crippen molar-refractivity contribution in [3.8, 4) is 0 Å². The number of benzene rings is 1. The highest BCUT2D eigenvalue weighted by molar-refractivity contribution is 7.80. The number of hydrogen-bond donors (Lipinski definition) is 2. The lowest BCUT2D eigenvalue weighted by Gasteiger charge is -2.33. The molecule has 3 N–H and O–H groups in total. The molecular weight excluding hydrogens is 293 g/mol. The molecule has 21 heavy (non-hydrogen) atoms. The summed E-state index contributed by atoms with van der Waals surface area (Å²) in [5.41, 5.74) is 6.30. The minimum Gasteiger partial charge on any atom is -0.389 e. The van der Waals surface area contributed by atoms with E-state index in [4.69, 9.17) is 18.0 Å². The van der Waals surface area contributed by atoms with E-state index in [1.807, 2.05) is 6.92 Å². The van der Waals surface area contributed by atoms with E-state index in [9.17, 15) is 14.0 Å². The maximum absolute atomic E-state index is 14.1. The van der Waals surface area contributed by atoms with E-state index in [1.165, 1.54) is 6.07 Å². The molecule has 0 bridgehead atoms. The highest BCUT2D eigenvalue weighted by Crippen LogP contribution is 2.17. The van der Waals surface area contributed by atoms with Crippen LogP contribution in [0.2, 0.25) is 0 Å². The number of nitrogens with one attached hydrogen (secondary N) is 1. The molecular formula is C14H16FN3O2S. The molecule has 1 aliphatic heterocycles. The lowest BCUT2D eigenvalue weighted by Crippen LogP contribution is -2.57. The number of nitrogens with two attached hydrogens (primary N) is 1. The predicted octanol–water partition coefficient (Wildman–Crippen LogP) is 0.697. The number of hydrogen-bond acceptors (Lipinski definition) is 4. The summed E-state index contributed by atoms with van der Waals surface area (Å²) >= 11 is 4.80. The summed E-state index contributed by atoms with van der Waals surface area (Å²) in [4.78, 5) is 25.0. The third kappa shape index (κ3) is 3.43. The Morgan fingerprint density at radius 1 is 1.52 bits per heavy atom. The molecule has 2 rings (SSSR count). The van der Waals surface area contributed by atoms with Crippen LogP contribution in [-0.4, -0.2) is 34.3 Å². The number of piperazine rings is 1. The molecule has 0 aliphatic carbocycles. The minimum absolute atomic E-state index is 0.0702. The van der Waals surface area contributed by atoms with Crippen LogP contribution in [-0.2, 0) is 16.1 Å². The van der Waals surface area contributed by atoms with Gasteiger partial charge in [-0.1, -0.05) is 31.3 Å². The van der Waals surface area contributed by atoms with Gasteiger partial charge in [0.1, 0.15) is 10.8 Å². The van der Waals surface area contributed by atoms with Gasteiger partial charge >= 0.3 is 0 Å². The second-order valence-corrected chi connectivity index (χ2v) is 5.35. The van der Waals surface area contributed by atoms with Crippen LogP contribution in [0.25, 0.3) is 0 Å². The summed E-state index contributed by atoms with van der Waals surface area (Å²) in [5.74, 6) is -1.16. The first kappa shape index (κ1) is 15.5. The molecule has 0 spiro atoms. The Morgan fingerprint density at radius 3 is 2.81 bits per heavy atom. The number of thiocarbonyl (C=S) groups is 1. The standard InChI is InChI=1S/C14H16FN3O2S/c1-2-11-14(20)17-12(19)7-18(11)6-9-4-3-8(13(16)21)5-10(9)15/h3-5,11H,2,6-7H2,1H3,(H2,16,21)(H,17,19,20). The van der Waals surface area contributed by atoms with E-state index in [2.05, 4.69) is 5.32 Å². The van der Waals surface area contributed by atoms with Crippen molar-refractivity contribution in [1.82, 2.24) is 10.2 Å². The Bertz CT molecular complexity index is 606. The Balaban J connectivity index is 2.21. The van der Waals surface area contributed by atoms with Crippen molar-refractivity contribution in [2.75, 3.05) is 6.54 Å². The van der Waals surface area contributed by atoms with Gasteiger partial charge in [0.05, 0.1) is 12.6 Å². The number of carbonyl (C=O) groups is 2. The molecule has 5 nitrogen and oxygen atoms in total. The van der Waals surface area contributed by atoms with Gasteiger partial charge in [-0.2, -0.15) is 0 Å². The first-order valence-corrected chi connectivity index (χ1v) is 6.99. The topological polar surface area (TPSA) is 75.4 Å². The maximum atomic E-state index is 14.1. The van der Waals surface area contributed by atoms with E-state index in [-0.39, 0.29) is 29.9 Å². The third-order valence-electron chi connectivity index (χ3n) is 3.45. The van der Waals surface area contributed by atoms with Gasteiger partial charge in [-0.15, -0.1) is 0 Å². The van der Waals surface area contributed by atoms with Crippen LogP contribution >= 0.6 is 12.2 Å². The molecule has 1 heterocycles. The molecule has 7 heteroatoms. The van der Waals surface area contributed by atoms with Gasteiger partial charge in [0.15, 0.2) is 0 Å². The molecule has 1 aromatic rings. The summed E-state index contributed by atoms with van der Waals surface area (Å²) < 4.78 is 14.1. The first-order valence-electron chi connectivity index (χ1n) is 6.58. The number of imide groups is 1. The van der Waals surface area contributed by atoms with Gasteiger partial charge in [-0.05, 0) is 12.5 Å². The second kappa shape index (κ2) is 6.28. The van der Waals surface area contributed by atoms with Crippen molar-refractivity contribution in [2.24, 2.45) is 5.73 Å². The van der Waals surface area contributed by atoms with E-state index in [1.54, 1.807) is 17.0 Å². The van der Waals surface area contributed by atoms with Gasteiger partial charge in [-0.3, -0.25) is 19.8 Å². The van der Waals surface area contributed by atoms with Gasteiger partial charge in [0, 0.05) is 17.7 Å². The summed E-state index contributed by atoms with van der Waals surface area (Å²) in [6.45, 7) is 2.10. The zero-order chi connectivity index (χ0) is 15.6. The number of rotatable bonds is 4. The third-order valence-corrected chi connectivity index (χ3v) is 3.69. The Morgan fingerprint density at radius 2 is 2.24 bits per heavy atom. The Hall–Kier alpha value is -1.86. The number of amides is 2. The molecule has 1 aliphatic rings. The van der Waals surface area contributed by atoms with Crippen LogP contribution in [0, 0.1) is 5.82 Å². The average molecular weight is 309 g/mol. The monoisotopic (exact) mass is 309 g/mol. The van der Waals surface area contributed by atoms with Gasteiger partial charge in [0.2, 0.25) is 11.8 Å². The van der Waals surface area contributed by atoms with Crippen LogP contribution in [0.4, 0.5) is 4.39 Å². The van der Waals surface area contributed by atoms with Crippen molar-refractivity contribution in [2.45, 2.75) is 25.9 Å². The van der Waals surface area contributed by atoms with Crippen LogP contribution in [0.1, 0.15) is 24.5 Å². The van der Waals surface area contributed by atoms with Gasteiger partial charge in [-0.25, -0.2) is 4.39 Å². The maximum Gasteiger partial charge on any atom is 0.243 e. The lowest BCUT2D eigenvalue weighted by molar-refractivity contribution is -0.140. The summed E-state index contributed by atoms with van der Waals surface area (Å²) in [5, 5.41) is 2.29. The highest BCUT2D eigenvalue weighted by Gasteiger charge is 2.32. The minimum atomic E-state index is -0.450. The number of halogens is 1. The Kier molecular flexibility index (Phi) is 4.64. The Labute approximate surface area is 127 Å². The highest BCUT2D eigenvalue weighted by atomic mass is 32.1. The zero-order valence-corrected chi connectivity index (χ0v) is 12.4. The molecule has 112 valence electrons. The smallest absolute Gasteiger partial charge is 0.243 e. The zero-order valence-electron chi connectivity index (χ0n) is 11.6. The molecule has 1 aromatic carbocycles. The fraction of sp³-hybridized carbons (Fsp3) is 0.357. The lowest BCUT2D eigenvalue weighted by atomic mass is 10.1. The molecule has 1 fully saturated rings. The fourth-order valence-electron chi connectivity index (χ4n) is 2.38. The normalized spacial score (nSPS) is 19.4. The van der Waals surface area contributed by atoms with E-state index < -0.39 is 11.9 Å². The van der Waals surface area contributed by atoms with Crippen LogP contribution in [0.15, 0.2) is 18.2 Å². The average Bonchev–Trinajstić information content (AvgIpc) is 2.40. The summed E-state index contributed by atoms with van der Waals surface area (Å²) in [6.07, 6.45) is 0.547. The summed E-state index contributed by atoms with van der Waals surface area (Å²) in [6, 6.07) is 4.04. The van der Waals surface area contributed by atoms with Crippen molar-refractivity contribution in [3.05, 3.63) is 35.1 Å². The van der Waals surface area contributed by atoms with Crippen LogP contribution < -0.4 is 11.1 Å². The molecule has 1 unspecified atom stereocenters. The van der Waals surface area contributed by atoms with Crippen molar-refractivity contribution in [3.63, 3.8) is 0 Å². The fourth-order valence-corrected chi connectivity index (χ4v) is 2.50. The second-order valence-electron chi connectivity index (χ2n) is 4.91. The predicted molar refractivity (Wildman–Crippen MR) is 79.9 cm³/mol. The van der Waals surface area contributed by atoms with Gasteiger partial charge in [0.25, 0.3) is 0 Å². The van der Waals surface area contributed by atoms with Gasteiger partial charge < -0.3 is 5.73 Å². The molecule has 0 radical (unpaired) electrons. The van der Waals surface area contributed by atoms with Crippen molar-refractivity contribution in [1.29, 1.82) is 0 Å². The molecule has 0 saturated carbocycles. The SMILES string of the molecule is CCC1C(=O)NC(=O)CN1Cc1ccc(C(N)=S)cc1F. The molecule has 2 amide bonds. The molecule has 1 atom stereocenters. The van der Waals surface area contributed by atoms with E-state index >= 15 is 0 Å². The van der Waals surface area contributed by atoms with Crippen LogP contribution in [0.3, 0.4) is 0 Å². The number of carbonyl (C=O) groups excluding carboxylic acids is 2. The van der Waals surface area contributed by atoms with Crippen molar-refractivity contribution >= 4 is 29.0 Å². The first-order chi connectivity index (χ1) is 9.92. The van der Waals surface area contributed by atoms with E-state index in [0.29, 0.717) is 17.5 Å². The molecule has 0 aromatic heterocycles. The van der Waals surface area contributed by atoms with Crippen molar-refractivity contribution < 1.29 is 14.0 Å². The van der Waals surface area contributed by atoms with Crippen LogP contribution in [0.5, 0.6) is 0 Å². The number of nitrogens with zero attached hydrogens (tertiary/aromatic N) is 1. The quantitative estimate of drug-likeness (QED) is 0.632.